The number of imide groups is 1. The second kappa shape index (κ2) is 7.49. The van der Waals surface area contributed by atoms with Crippen molar-refractivity contribution < 1.29 is 19.1 Å². The number of benzene rings is 2. The smallest absolute Gasteiger partial charge is 0.256 e. The standard InChI is InChI=1S/C20H21N3O4/c1-22(2)19(25)13-4-6-14(7-5-13)21-17-12-18(24)23(20(17)26)15-8-10-16(27-3)11-9-15/h4-11,17,21H,12H2,1-3H3/t17-/m0/s1. The van der Waals surface area contributed by atoms with Crippen molar-refractivity contribution in [3.05, 3.63) is 54.1 Å². The molecule has 0 aliphatic carbocycles. The van der Waals surface area contributed by atoms with E-state index in [2.05, 4.69) is 5.32 Å². The zero-order chi connectivity index (χ0) is 19.6. The molecule has 140 valence electrons. The Kier molecular flexibility index (Phi) is 5.12. The Bertz CT molecular complexity index is 860. The average molecular weight is 367 g/mol. The van der Waals surface area contributed by atoms with Crippen molar-refractivity contribution >= 4 is 29.1 Å². The third-order valence-corrected chi connectivity index (χ3v) is 4.36. The van der Waals surface area contributed by atoms with Crippen LogP contribution < -0.4 is 15.0 Å². The quantitative estimate of drug-likeness (QED) is 0.819. The maximum Gasteiger partial charge on any atom is 0.256 e. The Balaban J connectivity index is 1.72. The van der Waals surface area contributed by atoms with E-state index in [1.54, 1.807) is 69.7 Å². The van der Waals surface area contributed by atoms with E-state index in [4.69, 9.17) is 4.74 Å². The first kappa shape index (κ1) is 18.4. The second-order valence-electron chi connectivity index (χ2n) is 6.44. The van der Waals surface area contributed by atoms with Crippen molar-refractivity contribution in [3.63, 3.8) is 0 Å². The summed E-state index contributed by atoms with van der Waals surface area (Å²) in [5.41, 5.74) is 1.74. The van der Waals surface area contributed by atoms with Gasteiger partial charge in [-0.3, -0.25) is 14.4 Å². The SMILES string of the molecule is COc1ccc(N2C(=O)C[C@H](Nc3ccc(C(=O)N(C)C)cc3)C2=O)cc1. The molecule has 1 heterocycles. The van der Waals surface area contributed by atoms with Crippen molar-refractivity contribution in [3.8, 4) is 5.75 Å². The molecule has 0 unspecified atom stereocenters. The lowest BCUT2D eigenvalue weighted by molar-refractivity contribution is -0.121. The molecule has 1 aliphatic heterocycles. The van der Waals surface area contributed by atoms with Gasteiger partial charge in [-0.2, -0.15) is 0 Å². The van der Waals surface area contributed by atoms with Crippen molar-refractivity contribution in [2.75, 3.05) is 31.4 Å². The second-order valence-corrected chi connectivity index (χ2v) is 6.44. The molecule has 7 heteroatoms. The number of amides is 3. The molecule has 3 amide bonds. The summed E-state index contributed by atoms with van der Waals surface area (Å²) >= 11 is 0. The third kappa shape index (κ3) is 3.76. The molecule has 0 bridgehead atoms. The van der Waals surface area contributed by atoms with Crippen LogP contribution in [0.2, 0.25) is 0 Å². The lowest BCUT2D eigenvalue weighted by Gasteiger charge is -2.17. The third-order valence-electron chi connectivity index (χ3n) is 4.36. The molecule has 0 aromatic heterocycles. The van der Waals surface area contributed by atoms with E-state index in [1.807, 2.05) is 0 Å². The minimum absolute atomic E-state index is 0.0727. The van der Waals surface area contributed by atoms with Crippen LogP contribution in [-0.4, -0.2) is 49.9 Å². The van der Waals surface area contributed by atoms with Gasteiger partial charge in [0.25, 0.3) is 11.8 Å². The van der Waals surface area contributed by atoms with Crippen molar-refractivity contribution in [2.24, 2.45) is 0 Å². The van der Waals surface area contributed by atoms with Crippen molar-refractivity contribution in [1.29, 1.82) is 0 Å². The number of carbonyl (C=O) groups is 3. The van der Waals surface area contributed by atoms with E-state index in [1.165, 1.54) is 9.80 Å². The molecule has 1 saturated heterocycles. The first-order valence-corrected chi connectivity index (χ1v) is 8.50. The molecular weight excluding hydrogens is 346 g/mol. The number of hydrogen-bond donors (Lipinski definition) is 1. The summed E-state index contributed by atoms with van der Waals surface area (Å²) < 4.78 is 5.10. The Morgan fingerprint density at radius 2 is 1.70 bits per heavy atom. The van der Waals surface area contributed by atoms with Crippen LogP contribution in [0.3, 0.4) is 0 Å². The summed E-state index contributed by atoms with van der Waals surface area (Å²) in [6, 6.07) is 13.0. The van der Waals surface area contributed by atoms with Crippen LogP contribution in [-0.2, 0) is 9.59 Å². The Hall–Kier alpha value is -3.35. The van der Waals surface area contributed by atoms with Crippen molar-refractivity contribution in [1.82, 2.24) is 4.90 Å². The topological polar surface area (TPSA) is 79.0 Å². The molecule has 27 heavy (non-hydrogen) atoms. The number of nitrogens with zero attached hydrogens (tertiary/aromatic N) is 2. The number of ether oxygens (including phenoxy) is 1. The van der Waals surface area contributed by atoms with Gasteiger partial charge in [0.05, 0.1) is 19.2 Å². The first-order valence-electron chi connectivity index (χ1n) is 8.50. The molecule has 1 atom stereocenters. The Morgan fingerprint density at radius 3 is 2.26 bits per heavy atom. The lowest BCUT2D eigenvalue weighted by atomic mass is 10.1. The summed E-state index contributed by atoms with van der Waals surface area (Å²) in [7, 11) is 4.93. The van der Waals surface area contributed by atoms with Gasteiger partial charge < -0.3 is 15.0 Å². The fraction of sp³-hybridized carbons (Fsp3) is 0.250. The Morgan fingerprint density at radius 1 is 1.07 bits per heavy atom. The zero-order valence-corrected chi connectivity index (χ0v) is 15.4. The molecular formula is C20H21N3O4. The molecule has 2 aromatic carbocycles. The first-order chi connectivity index (χ1) is 12.9. The summed E-state index contributed by atoms with van der Waals surface area (Å²) in [6.45, 7) is 0. The summed E-state index contributed by atoms with van der Waals surface area (Å²) in [6.07, 6.45) is 0.0727. The van der Waals surface area contributed by atoms with Gasteiger partial charge in [-0.05, 0) is 48.5 Å². The van der Waals surface area contributed by atoms with Gasteiger partial charge in [0.2, 0.25) is 5.91 Å². The summed E-state index contributed by atoms with van der Waals surface area (Å²) in [5.74, 6) is -0.0140. The average Bonchev–Trinajstić information content (AvgIpc) is 2.95. The normalized spacial score (nSPS) is 16.4. The molecule has 0 saturated carbocycles. The number of carbonyl (C=O) groups excluding carboxylic acids is 3. The van der Waals surface area contributed by atoms with E-state index in [0.717, 1.165) is 0 Å². The highest BCUT2D eigenvalue weighted by Gasteiger charge is 2.39. The molecule has 1 N–H and O–H groups in total. The van der Waals surface area contributed by atoms with Crippen LogP contribution in [0.15, 0.2) is 48.5 Å². The lowest BCUT2D eigenvalue weighted by Crippen LogP contribution is -2.34. The molecule has 1 aliphatic rings. The molecule has 2 aromatic rings. The minimum atomic E-state index is -0.644. The van der Waals surface area contributed by atoms with E-state index in [9.17, 15) is 14.4 Å². The fourth-order valence-electron chi connectivity index (χ4n) is 2.92. The summed E-state index contributed by atoms with van der Waals surface area (Å²) in [5, 5.41) is 3.08. The van der Waals surface area contributed by atoms with Gasteiger partial charge in [-0.1, -0.05) is 0 Å². The Labute approximate surface area is 157 Å². The van der Waals surface area contributed by atoms with Crippen LogP contribution >= 0.6 is 0 Å². The predicted molar refractivity (Wildman–Crippen MR) is 102 cm³/mol. The fourth-order valence-corrected chi connectivity index (χ4v) is 2.92. The predicted octanol–water partition coefficient (Wildman–Crippen LogP) is 2.14. The molecule has 0 radical (unpaired) electrons. The highest BCUT2D eigenvalue weighted by Crippen LogP contribution is 2.26. The molecule has 1 fully saturated rings. The number of nitrogens with one attached hydrogen (secondary N) is 1. The van der Waals surface area contributed by atoms with E-state index in [0.29, 0.717) is 22.7 Å². The molecule has 3 rings (SSSR count). The highest BCUT2D eigenvalue weighted by atomic mass is 16.5. The number of rotatable bonds is 5. The van der Waals surface area contributed by atoms with Crippen LogP contribution in [0.4, 0.5) is 11.4 Å². The van der Waals surface area contributed by atoms with Crippen LogP contribution in [0.5, 0.6) is 5.75 Å². The van der Waals surface area contributed by atoms with Gasteiger partial charge in [-0.25, -0.2) is 4.90 Å². The van der Waals surface area contributed by atoms with E-state index < -0.39 is 6.04 Å². The largest absolute Gasteiger partial charge is 0.497 e. The van der Waals surface area contributed by atoms with Crippen LogP contribution in [0, 0.1) is 0 Å². The molecule has 7 nitrogen and oxygen atoms in total. The highest BCUT2D eigenvalue weighted by molar-refractivity contribution is 6.23. The van der Waals surface area contributed by atoms with Gasteiger partial charge in [0.1, 0.15) is 11.8 Å². The van der Waals surface area contributed by atoms with E-state index in [-0.39, 0.29) is 24.1 Å². The number of anilines is 2. The maximum atomic E-state index is 12.7. The van der Waals surface area contributed by atoms with Crippen molar-refractivity contribution in [2.45, 2.75) is 12.5 Å². The number of hydrogen-bond acceptors (Lipinski definition) is 5. The monoisotopic (exact) mass is 367 g/mol. The van der Waals surface area contributed by atoms with Gasteiger partial charge in [-0.15, -0.1) is 0 Å². The van der Waals surface area contributed by atoms with Gasteiger partial charge >= 0.3 is 0 Å². The maximum absolute atomic E-state index is 12.7. The van der Waals surface area contributed by atoms with Crippen LogP contribution in [0.1, 0.15) is 16.8 Å². The van der Waals surface area contributed by atoms with Gasteiger partial charge in [0, 0.05) is 25.3 Å². The minimum Gasteiger partial charge on any atom is -0.497 e. The zero-order valence-electron chi connectivity index (χ0n) is 15.4. The number of methoxy groups -OCH3 is 1. The summed E-state index contributed by atoms with van der Waals surface area (Å²) in [4.78, 5) is 39.6. The molecule has 0 spiro atoms. The van der Waals surface area contributed by atoms with E-state index >= 15 is 0 Å². The van der Waals surface area contributed by atoms with Gasteiger partial charge in [0.15, 0.2) is 0 Å². The van der Waals surface area contributed by atoms with Crippen LogP contribution in [0.25, 0.3) is 0 Å².